The van der Waals surface area contributed by atoms with Gasteiger partial charge in [0, 0.05) is 24.2 Å². The fraction of sp³-hybridized carbons (Fsp3) is 0.667. The van der Waals surface area contributed by atoms with Crippen LogP contribution in [0.25, 0.3) is 0 Å². The molecule has 2 heteroatoms. The second-order valence-electron chi connectivity index (χ2n) is 7.38. The lowest BCUT2D eigenvalue weighted by molar-refractivity contribution is 0.206. The van der Waals surface area contributed by atoms with Crippen LogP contribution in [0.2, 0.25) is 0 Å². The van der Waals surface area contributed by atoms with Crippen molar-refractivity contribution in [3.63, 3.8) is 0 Å². The van der Waals surface area contributed by atoms with Crippen molar-refractivity contribution in [2.75, 3.05) is 18.8 Å². The zero-order valence-electron chi connectivity index (χ0n) is 12.8. The maximum Gasteiger partial charge on any atom is 0.0314 e. The van der Waals surface area contributed by atoms with E-state index in [-0.39, 0.29) is 0 Å². The Labute approximate surface area is 123 Å². The lowest BCUT2D eigenvalue weighted by Gasteiger charge is -2.34. The van der Waals surface area contributed by atoms with Crippen molar-refractivity contribution < 1.29 is 0 Å². The predicted octanol–water partition coefficient (Wildman–Crippen LogP) is 3.86. The van der Waals surface area contributed by atoms with Crippen molar-refractivity contribution in [1.29, 1.82) is 0 Å². The van der Waals surface area contributed by atoms with Crippen molar-refractivity contribution in [2.45, 2.75) is 57.3 Å². The van der Waals surface area contributed by atoms with E-state index >= 15 is 0 Å². The average Bonchev–Trinajstić information content (AvgIpc) is 3.21. The lowest BCUT2D eigenvalue weighted by Crippen LogP contribution is -2.37. The molecule has 2 nitrogen and oxygen atoms in total. The summed E-state index contributed by atoms with van der Waals surface area (Å²) in [6, 6.07) is 8.51. The minimum atomic E-state index is 0.402. The number of rotatable bonds is 5. The summed E-state index contributed by atoms with van der Waals surface area (Å²) in [4.78, 5) is 0. The highest BCUT2D eigenvalue weighted by Crippen LogP contribution is 2.48. The Morgan fingerprint density at radius 3 is 2.20 bits per heavy atom. The van der Waals surface area contributed by atoms with Gasteiger partial charge in [-0.1, -0.05) is 38.3 Å². The molecule has 0 heterocycles. The Kier molecular flexibility index (Phi) is 3.76. The van der Waals surface area contributed by atoms with Crippen LogP contribution in [0.4, 0.5) is 5.69 Å². The normalized spacial score (nSPS) is 23.4. The third-order valence-corrected chi connectivity index (χ3v) is 5.45. The second kappa shape index (κ2) is 5.40. The Morgan fingerprint density at radius 2 is 1.60 bits per heavy atom. The van der Waals surface area contributed by atoms with Gasteiger partial charge in [-0.3, -0.25) is 0 Å². The summed E-state index contributed by atoms with van der Waals surface area (Å²) in [5.41, 5.74) is 9.06. The summed E-state index contributed by atoms with van der Waals surface area (Å²) >= 11 is 0. The molecule has 3 N–H and O–H groups in total. The molecule has 110 valence electrons. The van der Waals surface area contributed by atoms with E-state index in [2.05, 4.69) is 24.4 Å². The number of anilines is 1. The van der Waals surface area contributed by atoms with Crippen molar-refractivity contribution in [3.05, 3.63) is 29.8 Å². The zero-order valence-corrected chi connectivity index (χ0v) is 12.8. The van der Waals surface area contributed by atoms with E-state index in [1.165, 1.54) is 57.1 Å². The number of benzene rings is 1. The second-order valence-corrected chi connectivity index (χ2v) is 7.38. The summed E-state index contributed by atoms with van der Waals surface area (Å²) in [7, 11) is 0. The van der Waals surface area contributed by atoms with Gasteiger partial charge in [-0.25, -0.2) is 0 Å². The molecule has 2 aliphatic carbocycles. The fourth-order valence-electron chi connectivity index (χ4n) is 3.74. The first-order valence-electron chi connectivity index (χ1n) is 8.19. The van der Waals surface area contributed by atoms with E-state index in [1.807, 2.05) is 12.1 Å². The molecule has 20 heavy (non-hydrogen) atoms. The van der Waals surface area contributed by atoms with Crippen molar-refractivity contribution in [1.82, 2.24) is 5.32 Å². The van der Waals surface area contributed by atoms with Crippen LogP contribution in [-0.4, -0.2) is 13.1 Å². The number of nitrogens with two attached hydrogens (primary N) is 1. The van der Waals surface area contributed by atoms with Crippen LogP contribution in [0, 0.1) is 5.41 Å². The van der Waals surface area contributed by atoms with Gasteiger partial charge < -0.3 is 11.1 Å². The summed E-state index contributed by atoms with van der Waals surface area (Å²) in [5, 5.41) is 3.78. The molecule has 0 spiro atoms. The third-order valence-electron chi connectivity index (χ3n) is 5.45. The van der Waals surface area contributed by atoms with Gasteiger partial charge in [0.25, 0.3) is 0 Å². The van der Waals surface area contributed by atoms with Crippen LogP contribution in [-0.2, 0) is 5.41 Å². The molecular formula is C18H28N2. The SMILES string of the molecule is CC1(CNCC2(c3ccc(N)cc3)CC2)CCCCC1. The summed E-state index contributed by atoms with van der Waals surface area (Å²) in [6.45, 7) is 4.78. The van der Waals surface area contributed by atoms with Crippen LogP contribution < -0.4 is 11.1 Å². The van der Waals surface area contributed by atoms with Crippen LogP contribution in [0.5, 0.6) is 0 Å². The highest BCUT2D eigenvalue weighted by Gasteiger charge is 2.44. The molecule has 0 aliphatic heterocycles. The Balaban J connectivity index is 1.54. The van der Waals surface area contributed by atoms with Gasteiger partial charge in [0.15, 0.2) is 0 Å². The Morgan fingerprint density at radius 1 is 0.950 bits per heavy atom. The molecule has 2 fully saturated rings. The third kappa shape index (κ3) is 3.01. The van der Waals surface area contributed by atoms with E-state index in [4.69, 9.17) is 5.73 Å². The minimum Gasteiger partial charge on any atom is -0.399 e. The molecule has 0 bridgehead atoms. The van der Waals surface area contributed by atoms with Gasteiger partial charge in [0.2, 0.25) is 0 Å². The van der Waals surface area contributed by atoms with Crippen LogP contribution >= 0.6 is 0 Å². The van der Waals surface area contributed by atoms with Gasteiger partial charge in [-0.05, 0) is 48.8 Å². The first-order valence-corrected chi connectivity index (χ1v) is 8.19. The monoisotopic (exact) mass is 272 g/mol. The molecule has 1 aromatic rings. The summed E-state index contributed by atoms with van der Waals surface area (Å²) in [6.07, 6.45) is 9.71. The topological polar surface area (TPSA) is 38.0 Å². The highest BCUT2D eigenvalue weighted by molar-refractivity contribution is 5.43. The van der Waals surface area contributed by atoms with Gasteiger partial charge in [-0.2, -0.15) is 0 Å². The van der Waals surface area contributed by atoms with Crippen LogP contribution in [0.3, 0.4) is 0 Å². The molecule has 2 aliphatic rings. The molecular weight excluding hydrogens is 244 g/mol. The predicted molar refractivity (Wildman–Crippen MR) is 85.8 cm³/mol. The number of hydrogen-bond acceptors (Lipinski definition) is 2. The number of hydrogen-bond donors (Lipinski definition) is 2. The fourth-order valence-corrected chi connectivity index (χ4v) is 3.74. The van der Waals surface area contributed by atoms with E-state index in [1.54, 1.807) is 0 Å². The van der Waals surface area contributed by atoms with Gasteiger partial charge in [-0.15, -0.1) is 0 Å². The quantitative estimate of drug-likeness (QED) is 0.799. The maximum absolute atomic E-state index is 5.79. The van der Waals surface area contributed by atoms with Crippen molar-refractivity contribution >= 4 is 5.69 Å². The summed E-state index contributed by atoms with van der Waals surface area (Å²) < 4.78 is 0. The zero-order chi connectivity index (χ0) is 14.1. The number of nitrogens with one attached hydrogen (secondary N) is 1. The standard InChI is InChI=1S/C18H28N2/c1-17(9-3-2-4-10-17)13-20-14-18(11-12-18)15-5-7-16(19)8-6-15/h5-8,20H,2-4,9-14,19H2,1H3. The van der Waals surface area contributed by atoms with E-state index in [0.717, 1.165) is 12.2 Å². The van der Waals surface area contributed by atoms with Crippen LogP contribution in [0.1, 0.15) is 57.4 Å². The van der Waals surface area contributed by atoms with E-state index < -0.39 is 0 Å². The molecule has 1 aromatic carbocycles. The van der Waals surface area contributed by atoms with Gasteiger partial charge in [0.1, 0.15) is 0 Å². The van der Waals surface area contributed by atoms with Gasteiger partial charge >= 0.3 is 0 Å². The van der Waals surface area contributed by atoms with E-state index in [9.17, 15) is 0 Å². The highest BCUT2D eigenvalue weighted by atomic mass is 14.9. The van der Waals surface area contributed by atoms with Crippen molar-refractivity contribution in [2.24, 2.45) is 5.41 Å². The van der Waals surface area contributed by atoms with Crippen LogP contribution in [0.15, 0.2) is 24.3 Å². The van der Waals surface area contributed by atoms with Gasteiger partial charge in [0.05, 0.1) is 0 Å². The average molecular weight is 272 g/mol. The van der Waals surface area contributed by atoms with Crippen molar-refractivity contribution in [3.8, 4) is 0 Å². The lowest BCUT2D eigenvalue weighted by atomic mass is 9.75. The molecule has 0 amide bonds. The molecule has 0 atom stereocenters. The maximum atomic E-state index is 5.79. The molecule has 0 saturated heterocycles. The Bertz CT molecular complexity index is 439. The van der Waals surface area contributed by atoms with E-state index in [0.29, 0.717) is 10.8 Å². The first kappa shape index (κ1) is 13.9. The molecule has 0 aromatic heterocycles. The number of nitrogen functional groups attached to an aromatic ring is 1. The molecule has 3 rings (SSSR count). The Hall–Kier alpha value is -1.02. The first-order chi connectivity index (χ1) is 9.62. The molecule has 0 radical (unpaired) electrons. The summed E-state index contributed by atoms with van der Waals surface area (Å²) in [5.74, 6) is 0. The largest absolute Gasteiger partial charge is 0.399 e. The molecule has 0 unspecified atom stereocenters. The smallest absolute Gasteiger partial charge is 0.0314 e. The minimum absolute atomic E-state index is 0.402. The molecule has 2 saturated carbocycles.